The predicted molar refractivity (Wildman–Crippen MR) is 102 cm³/mol. The molecule has 3 aliphatic carbocycles. The molecule has 4 atom stereocenters. The van der Waals surface area contributed by atoms with E-state index in [0.29, 0.717) is 6.42 Å². The van der Waals surface area contributed by atoms with Crippen molar-refractivity contribution in [3.05, 3.63) is 18.2 Å². The van der Waals surface area contributed by atoms with Crippen LogP contribution < -0.4 is 5.32 Å². The average Bonchev–Trinajstić information content (AvgIpc) is 3.35. The second-order valence-corrected chi connectivity index (χ2v) is 9.21. The molecular formula is C20H22F6N4O4. The fourth-order valence-corrected chi connectivity index (χ4v) is 5.11. The number of imidazole rings is 1. The molecule has 3 unspecified atom stereocenters. The number of carbonyl (C=O) groups excluding carboxylic acids is 1. The Morgan fingerprint density at radius 3 is 2.59 bits per heavy atom. The highest BCUT2D eigenvalue weighted by Gasteiger charge is 2.61. The van der Waals surface area contributed by atoms with Crippen LogP contribution in [0.15, 0.2) is 17.5 Å². The van der Waals surface area contributed by atoms with Crippen LogP contribution in [0, 0.1) is 5.92 Å². The maximum atomic E-state index is 12.8. The Kier molecular flexibility index (Phi) is 5.58. The first-order chi connectivity index (χ1) is 15.9. The summed E-state index contributed by atoms with van der Waals surface area (Å²) >= 11 is 0. The minimum atomic E-state index is -4.68. The van der Waals surface area contributed by atoms with Gasteiger partial charge in [-0.05, 0) is 19.3 Å². The summed E-state index contributed by atoms with van der Waals surface area (Å²) in [7, 11) is 0. The lowest BCUT2D eigenvalue weighted by Crippen LogP contribution is -2.70. The number of aliphatic imine (C=N–C) groups is 1. The first-order valence-electron chi connectivity index (χ1n) is 10.9. The molecule has 1 N–H and O–H groups in total. The van der Waals surface area contributed by atoms with E-state index in [1.807, 2.05) is 4.57 Å². The summed E-state index contributed by atoms with van der Waals surface area (Å²) in [6.45, 7) is -0.735. The molecule has 5 rings (SSSR count). The fraction of sp³-hybridized carbons (Fsp3) is 0.750. The third-order valence-corrected chi connectivity index (χ3v) is 7.06. The van der Waals surface area contributed by atoms with E-state index >= 15 is 0 Å². The lowest BCUT2D eigenvalue weighted by molar-refractivity contribution is -0.357. The molecule has 0 aromatic carbocycles. The van der Waals surface area contributed by atoms with Gasteiger partial charge in [-0.25, -0.2) is 9.98 Å². The second-order valence-electron chi connectivity index (χ2n) is 9.21. The molecule has 14 heteroatoms. The van der Waals surface area contributed by atoms with E-state index < -0.39 is 37.4 Å². The van der Waals surface area contributed by atoms with Crippen LogP contribution >= 0.6 is 0 Å². The smallest absolute Gasteiger partial charge is 0.461 e. The van der Waals surface area contributed by atoms with Crippen LogP contribution in [0.1, 0.15) is 43.8 Å². The van der Waals surface area contributed by atoms with Gasteiger partial charge in [-0.3, -0.25) is 9.53 Å². The van der Waals surface area contributed by atoms with Crippen molar-refractivity contribution in [3.63, 3.8) is 0 Å². The maximum Gasteiger partial charge on any atom is 0.522 e. The van der Waals surface area contributed by atoms with Crippen molar-refractivity contribution in [3.8, 4) is 0 Å². The van der Waals surface area contributed by atoms with Gasteiger partial charge in [0.15, 0.2) is 0 Å². The molecule has 0 saturated heterocycles. The lowest BCUT2D eigenvalue weighted by atomic mass is 9.50. The topological polar surface area (TPSA) is 87.0 Å². The van der Waals surface area contributed by atoms with Gasteiger partial charge < -0.3 is 19.4 Å². The van der Waals surface area contributed by atoms with E-state index in [9.17, 15) is 31.1 Å². The molecule has 1 amide bonds. The molecule has 0 radical (unpaired) electrons. The summed E-state index contributed by atoms with van der Waals surface area (Å²) in [5.41, 5.74) is -0.144. The van der Waals surface area contributed by atoms with Gasteiger partial charge in [-0.1, -0.05) is 0 Å². The number of rotatable bonds is 7. The van der Waals surface area contributed by atoms with Crippen molar-refractivity contribution in [2.75, 3.05) is 13.2 Å². The Bertz CT molecular complexity index is 973. The van der Waals surface area contributed by atoms with E-state index in [1.165, 1.54) is 6.33 Å². The lowest BCUT2D eigenvalue weighted by Gasteiger charge is -2.63. The van der Waals surface area contributed by atoms with E-state index in [1.54, 1.807) is 6.20 Å². The normalized spacial score (nSPS) is 34.8. The number of hydrogen-bond donors (Lipinski definition) is 1. The molecule has 2 heterocycles. The first-order valence-corrected chi connectivity index (χ1v) is 10.9. The third kappa shape index (κ3) is 4.49. The SMILES string of the molecule is O=C(COC1CC(OC(F)(F)F)C1)NC12CCC1C(n1cnc(C3=NC[C@@H](C(F)(F)F)O3)c1)C2. The average molecular weight is 496 g/mol. The third-order valence-electron chi connectivity index (χ3n) is 7.06. The summed E-state index contributed by atoms with van der Waals surface area (Å²) in [4.78, 5) is 20.3. The summed E-state index contributed by atoms with van der Waals surface area (Å²) < 4.78 is 90.8. The number of amides is 1. The molecule has 8 nitrogen and oxygen atoms in total. The highest BCUT2D eigenvalue weighted by atomic mass is 19.4. The van der Waals surface area contributed by atoms with E-state index in [2.05, 4.69) is 20.0 Å². The van der Waals surface area contributed by atoms with Crippen LogP contribution in [0.4, 0.5) is 26.3 Å². The first kappa shape index (κ1) is 23.4. The van der Waals surface area contributed by atoms with Crippen molar-refractivity contribution in [2.24, 2.45) is 10.9 Å². The molecule has 3 saturated carbocycles. The number of alkyl halides is 6. The summed E-state index contributed by atoms with van der Waals surface area (Å²) in [6, 6.07) is 0.0311. The van der Waals surface area contributed by atoms with Gasteiger partial charge in [0, 0.05) is 36.5 Å². The Hall–Kier alpha value is -2.35. The van der Waals surface area contributed by atoms with Gasteiger partial charge in [0.2, 0.25) is 17.9 Å². The van der Waals surface area contributed by atoms with Gasteiger partial charge >= 0.3 is 12.5 Å². The number of ether oxygens (including phenoxy) is 3. The second kappa shape index (κ2) is 8.11. The molecule has 1 aromatic rings. The number of hydrogen-bond acceptors (Lipinski definition) is 6. The zero-order valence-electron chi connectivity index (χ0n) is 17.7. The van der Waals surface area contributed by atoms with Crippen LogP contribution in [-0.4, -0.2) is 70.9 Å². The van der Waals surface area contributed by atoms with Crippen LogP contribution in [0.2, 0.25) is 0 Å². The quantitative estimate of drug-likeness (QED) is 0.587. The fourth-order valence-electron chi connectivity index (χ4n) is 5.11. The number of halogens is 6. The molecule has 188 valence electrons. The summed E-state index contributed by atoms with van der Waals surface area (Å²) in [5, 5.41) is 2.98. The number of carbonyl (C=O) groups is 1. The maximum absolute atomic E-state index is 12.8. The Balaban J connectivity index is 1.07. The van der Waals surface area contributed by atoms with Crippen molar-refractivity contribution in [1.29, 1.82) is 0 Å². The molecule has 1 aromatic heterocycles. The van der Waals surface area contributed by atoms with Crippen LogP contribution in [0.25, 0.3) is 0 Å². The van der Waals surface area contributed by atoms with E-state index in [0.717, 1.165) is 12.8 Å². The van der Waals surface area contributed by atoms with Crippen molar-refractivity contribution in [2.45, 2.75) is 74.5 Å². The Morgan fingerprint density at radius 2 is 2.00 bits per heavy atom. The van der Waals surface area contributed by atoms with Gasteiger partial charge in [0.1, 0.15) is 12.3 Å². The van der Waals surface area contributed by atoms with Gasteiger partial charge in [-0.15, -0.1) is 13.2 Å². The van der Waals surface area contributed by atoms with Gasteiger partial charge in [0.05, 0.1) is 25.1 Å². The van der Waals surface area contributed by atoms with Crippen LogP contribution in [0.3, 0.4) is 0 Å². The zero-order chi connectivity index (χ0) is 24.3. The van der Waals surface area contributed by atoms with Crippen molar-refractivity contribution >= 4 is 11.8 Å². The monoisotopic (exact) mass is 496 g/mol. The minimum absolute atomic E-state index is 0.0311. The highest BCUT2D eigenvalue weighted by Crippen LogP contribution is 2.59. The molecular weight excluding hydrogens is 474 g/mol. The number of aromatic nitrogens is 2. The largest absolute Gasteiger partial charge is 0.522 e. The standard InChI is InChI=1S/C20H22F6N4O4/c21-19(22,23)15-6-27-17(33-15)13-7-30(9-28-13)14-5-18(2-1-12(14)18)29-16(31)8-32-10-3-11(4-10)34-20(24,25)26/h7,9-12,14-15H,1-6,8H2,(H,29,31)/t10?,11?,12?,14?,15-,18?/m0/s1. The van der Waals surface area contributed by atoms with E-state index in [4.69, 9.17) is 9.47 Å². The molecule has 0 bridgehead atoms. The predicted octanol–water partition coefficient (Wildman–Crippen LogP) is 2.88. The zero-order valence-corrected chi connectivity index (χ0v) is 17.7. The van der Waals surface area contributed by atoms with Gasteiger partial charge in [-0.2, -0.15) is 13.2 Å². The minimum Gasteiger partial charge on any atom is -0.461 e. The molecule has 3 fully saturated rings. The van der Waals surface area contributed by atoms with E-state index in [-0.39, 0.29) is 54.4 Å². The molecule has 34 heavy (non-hydrogen) atoms. The van der Waals surface area contributed by atoms with Gasteiger partial charge in [0.25, 0.3) is 0 Å². The highest BCUT2D eigenvalue weighted by molar-refractivity contribution is 5.93. The molecule has 4 aliphatic rings. The van der Waals surface area contributed by atoms with Crippen LogP contribution in [0.5, 0.6) is 0 Å². The molecule has 0 spiro atoms. The molecule has 1 aliphatic heterocycles. The Labute approximate surface area is 189 Å². The number of fused-ring (bicyclic) bond motifs is 1. The number of nitrogens with zero attached hydrogens (tertiary/aromatic N) is 3. The summed E-state index contributed by atoms with van der Waals surface area (Å²) in [5.74, 6) is -0.327. The van der Waals surface area contributed by atoms with Crippen LogP contribution in [-0.2, 0) is 19.0 Å². The van der Waals surface area contributed by atoms with Crippen molar-refractivity contribution in [1.82, 2.24) is 14.9 Å². The number of nitrogens with one attached hydrogen (secondary N) is 1. The Morgan fingerprint density at radius 1 is 1.24 bits per heavy atom. The van der Waals surface area contributed by atoms with Crippen molar-refractivity contribution < 1.29 is 45.3 Å². The summed E-state index contributed by atoms with van der Waals surface area (Å²) in [6.07, 6.45) is -6.92.